The molecule has 3 atom stereocenters. The van der Waals surface area contributed by atoms with Crippen LogP contribution in [0, 0.1) is 17.7 Å². The van der Waals surface area contributed by atoms with Crippen molar-refractivity contribution < 1.29 is 14.0 Å². The quantitative estimate of drug-likeness (QED) is 0.407. The lowest BCUT2D eigenvalue weighted by molar-refractivity contribution is 0.0769. The minimum absolute atomic E-state index is 0.0327. The standard InChI is InChI=1S/C31H34ClFN4O2/c1-35(17-22-9-4-2-5-10-22)31(39)34-28(23-11-6-3-7-12-23)15-16-36-18-24-20-37(21-25(24)19-36)30(38)29-26(32)13-8-14-27(29)33/h2-14,24-25,28H,15-21H2,1H3,(H,34,39)/t24?,25?,28-/m0/s1. The summed E-state index contributed by atoms with van der Waals surface area (Å²) < 4.78 is 14.3. The van der Waals surface area contributed by atoms with Crippen molar-refractivity contribution in [1.29, 1.82) is 0 Å². The average molecular weight is 549 g/mol. The molecule has 0 aromatic heterocycles. The molecule has 2 unspecified atom stereocenters. The fraction of sp³-hybridized carbons (Fsp3) is 0.355. The molecule has 0 radical (unpaired) electrons. The van der Waals surface area contributed by atoms with Crippen LogP contribution in [-0.2, 0) is 6.54 Å². The molecule has 2 saturated heterocycles. The number of carbonyl (C=O) groups is 2. The van der Waals surface area contributed by atoms with Gasteiger partial charge in [-0.2, -0.15) is 0 Å². The van der Waals surface area contributed by atoms with Crippen LogP contribution in [0.3, 0.4) is 0 Å². The molecule has 5 rings (SSSR count). The Morgan fingerprint density at radius 2 is 1.59 bits per heavy atom. The van der Waals surface area contributed by atoms with Crippen molar-refractivity contribution in [3.05, 3.63) is 106 Å². The number of halogens is 2. The summed E-state index contributed by atoms with van der Waals surface area (Å²) in [6.07, 6.45) is 0.780. The molecule has 1 N–H and O–H groups in total. The fourth-order valence-corrected chi connectivity index (χ4v) is 6.05. The van der Waals surface area contributed by atoms with Crippen LogP contribution in [-0.4, -0.2) is 66.4 Å². The van der Waals surface area contributed by atoms with E-state index in [1.807, 2.05) is 55.6 Å². The van der Waals surface area contributed by atoms with Crippen molar-refractivity contribution in [2.24, 2.45) is 11.8 Å². The molecule has 3 aromatic carbocycles. The minimum Gasteiger partial charge on any atom is -0.338 e. The van der Waals surface area contributed by atoms with E-state index in [9.17, 15) is 14.0 Å². The number of hydrogen-bond donors (Lipinski definition) is 1. The van der Waals surface area contributed by atoms with Crippen LogP contribution in [0.4, 0.5) is 9.18 Å². The van der Waals surface area contributed by atoms with Gasteiger partial charge in [-0.05, 0) is 41.5 Å². The van der Waals surface area contributed by atoms with Crippen molar-refractivity contribution in [3.63, 3.8) is 0 Å². The summed E-state index contributed by atoms with van der Waals surface area (Å²) in [4.78, 5) is 31.9. The predicted molar refractivity (Wildman–Crippen MR) is 151 cm³/mol. The first-order chi connectivity index (χ1) is 18.9. The molecular formula is C31H34ClFN4O2. The average Bonchev–Trinajstić information content (AvgIpc) is 3.51. The van der Waals surface area contributed by atoms with E-state index in [0.29, 0.717) is 31.5 Å². The molecule has 204 valence electrons. The van der Waals surface area contributed by atoms with Crippen LogP contribution in [0.15, 0.2) is 78.9 Å². The van der Waals surface area contributed by atoms with Gasteiger partial charge in [-0.1, -0.05) is 78.3 Å². The Labute approximate surface area is 234 Å². The normalized spacial score (nSPS) is 19.5. The lowest BCUT2D eigenvalue weighted by Gasteiger charge is -2.27. The Hall–Kier alpha value is -3.42. The maximum absolute atomic E-state index is 14.3. The molecule has 0 spiro atoms. The zero-order chi connectivity index (χ0) is 27.4. The predicted octanol–water partition coefficient (Wildman–Crippen LogP) is 5.46. The summed E-state index contributed by atoms with van der Waals surface area (Å²) >= 11 is 6.14. The molecule has 3 aromatic rings. The number of nitrogens with one attached hydrogen (secondary N) is 1. The third kappa shape index (κ3) is 6.43. The Morgan fingerprint density at radius 3 is 2.23 bits per heavy atom. The van der Waals surface area contributed by atoms with E-state index in [4.69, 9.17) is 11.6 Å². The molecule has 2 aliphatic rings. The smallest absolute Gasteiger partial charge is 0.317 e. The van der Waals surface area contributed by atoms with Crippen LogP contribution < -0.4 is 5.32 Å². The van der Waals surface area contributed by atoms with E-state index >= 15 is 0 Å². The first kappa shape index (κ1) is 27.2. The summed E-state index contributed by atoms with van der Waals surface area (Å²) in [5.41, 5.74) is 2.13. The van der Waals surface area contributed by atoms with Gasteiger partial charge in [-0.15, -0.1) is 0 Å². The summed E-state index contributed by atoms with van der Waals surface area (Å²) in [6, 6.07) is 24.2. The zero-order valence-electron chi connectivity index (χ0n) is 22.1. The molecule has 2 heterocycles. The number of benzene rings is 3. The van der Waals surface area contributed by atoms with Gasteiger partial charge in [0.1, 0.15) is 5.82 Å². The van der Waals surface area contributed by atoms with Crippen molar-refractivity contribution in [2.45, 2.75) is 19.0 Å². The Morgan fingerprint density at radius 1 is 0.949 bits per heavy atom. The number of carbonyl (C=O) groups excluding carboxylic acids is 2. The first-order valence-electron chi connectivity index (χ1n) is 13.4. The highest BCUT2D eigenvalue weighted by molar-refractivity contribution is 6.33. The van der Waals surface area contributed by atoms with Crippen LogP contribution in [0.5, 0.6) is 0 Å². The van der Waals surface area contributed by atoms with E-state index in [2.05, 4.69) is 22.3 Å². The van der Waals surface area contributed by atoms with Gasteiger partial charge in [0.15, 0.2) is 0 Å². The highest BCUT2D eigenvalue weighted by atomic mass is 35.5. The van der Waals surface area contributed by atoms with Crippen molar-refractivity contribution in [1.82, 2.24) is 20.0 Å². The Balaban J connectivity index is 1.16. The molecule has 39 heavy (non-hydrogen) atoms. The molecule has 0 bridgehead atoms. The molecule has 0 saturated carbocycles. The first-order valence-corrected chi connectivity index (χ1v) is 13.8. The van der Waals surface area contributed by atoms with Gasteiger partial charge in [0.25, 0.3) is 5.91 Å². The van der Waals surface area contributed by atoms with Crippen LogP contribution >= 0.6 is 11.6 Å². The third-order valence-corrected chi connectivity index (χ3v) is 8.18. The van der Waals surface area contributed by atoms with Gasteiger partial charge in [0, 0.05) is 46.3 Å². The van der Waals surface area contributed by atoms with Gasteiger partial charge in [-0.3, -0.25) is 4.79 Å². The second kappa shape index (κ2) is 12.2. The van der Waals surface area contributed by atoms with Crippen LogP contribution in [0.2, 0.25) is 5.02 Å². The highest BCUT2D eigenvalue weighted by Crippen LogP contribution is 2.33. The maximum Gasteiger partial charge on any atom is 0.317 e. The number of fused-ring (bicyclic) bond motifs is 1. The summed E-state index contributed by atoms with van der Waals surface area (Å²) in [7, 11) is 1.81. The van der Waals surface area contributed by atoms with E-state index in [0.717, 1.165) is 37.2 Å². The third-order valence-electron chi connectivity index (χ3n) is 7.87. The van der Waals surface area contributed by atoms with Crippen LogP contribution in [0.1, 0.15) is 33.9 Å². The molecular weight excluding hydrogens is 515 g/mol. The van der Waals surface area contributed by atoms with E-state index in [-0.39, 0.29) is 28.6 Å². The topological polar surface area (TPSA) is 55.9 Å². The van der Waals surface area contributed by atoms with Crippen molar-refractivity contribution in [2.75, 3.05) is 39.8 Å². The second-order valence-corrected chi connectivity index (χ2v) is 11.0. The molecule has 3 amide bonds. The largest absolute Gasteiger partial charge is 0.338 e. The zero-order valence-corrected chi connectivity index (χ0v) is 22.9. The number of amides is 3. The van der Waals surface area contributed by atoms with Crippen molar-refractivity contribution in [3.8, 4) is 0 Å². The van der Waals surface area contributed by atoms with Gasteiger partial charge in [-0.25, -0.2) is 9.18 Å². The molecule has 0 aliphatic carbocycles. The minimum atomic E-state index is -0.574. The lowest BCUT2D eigenvalue weighted by Crippen LogP contribution is -2.40. The Bertz CT molecular complexity index is 1260. The number of urea groups is 1. The molecule has 2 fully saturated rings. The van der Waals surface area contributed by atoms with Gasteiger partial charge in [0.05, 0.1) is 16.6 Å². The van der Waals surface area contributed by atoms with Gasteiger partial charge < -0.3 is 20.0 Å². The van der Waals surface area contributed by atoms with Crippen molar-refractivity contribution >= 4 is 23.5 Å². The highest BCUT2D eigenvalue weighted by Gasteiger charge is 2.42. The Kier molecular flexibility index (Phi) is 8.48. The number of hydrogen-bond acceptors (Lipinski definition) is 3. The van der Waals surface area contributed by atoms with E-state index in [1.165, 1.54) is 12.1 Å². The fourth-order valence-electron chi connectivity index (χ4n) is 5.81. The van der Waals surface area contributed by atoms with Gasteiger partial charge >= 0.3 is 6.03 Å². The maximum atomic E-state index is 14.3. The van der Waals surface area contributed by atoms with Gasteiger partial charge in [0.2, 0.25) is 0 Å². The number of nitrogens with zero attached hydrogens (tertiary/aromatic N) is 3. The molecule has 8 heteroatoms. The summed E-state index contributed by atoms with van der Waals surface area (Å²) in [6.45, 7) is 4.34. The molecule has 2 aliphatic heterocycles. The van der Waals surface area contributed by atoms with E-state index < -0.39 is 5.82 Å². The summed E-state index contributed by atoms with van der Waals surface area (Å²) in [5.74, 6) is -0.206. The van der Waals surface area contributed by atoms with Crippen LogP contribution in [0.25, 0.3) is 0 Å². The summed E-state index contributed by atoms with van der Waals surface area (Å²) in [5, 5.41) is 3.39. The lowest BCUT2D eigenvalue weighted by atomic mass is 10.0. The monoisotopic (exact) mass is 548 g/mol. The number of rotatable bonds is 8. The van der Waals surface area contributed by atoms with E-state index in [1.54, 1.807) is 15.9 Å². The molecule has 6 nitrogen and oxygen atoms in total. The second-order valence-electron chi connectivity index (χ2n) is 10.6. The SMILES string of the molecule is CN(Cc1ccccc1)C(=O)N[C@@H](CCN1CC2CN(C(=O)c3c(F)cccc3Cl)CC2C1)c1ccccc1. The number of likely N-dealkylation sites (tertiary alicyclic amines) is 2.